The van der Waals surface area contributed by atoms with E-state index in [1.54, 1.807) is 0 Å². The van der Waals surface area contributed by atoms with E-state index in [4.69, 9.17) is 4.74 Å². The van der Waals surface area contributed by atoms with Crippen LogP contribution in [0.3, 0.4) is 0 Å². The zero-order valence-corrected chi connectivity index (χ0v) is 31.3. The maximum atomic E-state index is 14.2. The van der Waals surface area contributed by atoms with E-state index in [1.807, 2.05) is 0 Å². The molecule has 7 fully saturated rings. The van der Waals surface area contributed by atoms with Crippen molar-refractivity contribution in [3.8, 4) is 0 Å². The summed E-state index contributed by atoms with van der Waals surface area (Å²) in [7, 11) is 2.26. The number of likely N-dealkylation sites (N-methyl/N-ethyl adjacent to an activating group) is 1. The SMILES string of the molecule is CC(C)C1=CC2CC3(C=O)[C@@H]4CC[C@@H](C)[C@H]4CC2([C@H]2C[C@H](CC4CCCC4)[C@H](CN4CCC(CN5CCCN(C)CC5)CC4)O2)[C@]13C(=O)O. The minimum atomic E-state index is -1.14. The van der Waals surface area contributed by atoms with Crippen LogP contribution in [0, 0.1) is 63.6 Å². The highest BCUT2D eigenvalue weighted by Crippen LogP contribution is 2.84. The average Bonchev–Trinajstić information content (AvgIpc) is 3.88. The first kappa shape index (κ1) is 34.8. The molecule has 274 valence electrons. The maximum absolute atomic E-state index is 14.2. The number of hydrogen-bond acceptors (Lipinski definition) is 6. The number of aldehydes is 1. The molecule has 8 rings (SSSR count). The Morgan fingerprint density at radius 3 is 2.41 bits per heavy atom. The van der Waals surface area contributed by atoms with Gasteiger partial charge in [-0.15, -0.1) is 0 Å². The smallest absolute Gasteiger partial charge is 0.315 e. The largest absolute Gasteiger partial charge is 0.481 e. The van der Waals surface area contributed by atoms with Crippen molar-refractivity contribution in [3.63, 3.8) is 0 Å². The normalized spacial score (nSPS) is 45.2. The lowest BCUT2D eigenvalue weighted by Crippen LogP contribution is -2.65. The van der Waals surface area contributed by atoms with Gasteiger partial charge in [0.05, 0.1) is 17.6 Å². The fourth-order valence-electron chi connectivity index (χ4n) is 14.4. The number of hydrogen-bond donors (Lipinski definition) is 1. The van der Waals surface area contributed by atoms with Crippen molar-refractivity contribution in [1.82, 2.24) is 14.7 Å². The van der Waals surface area contributed by atoms with Gasteiger partial charge in [-0.25, -0.2) is 0 Å². The maximum Gasteiger partial charge on any atom is 0.315 e. The fourth-order valence-corrected chi connectivity index (χ4v) is 14.4. The van der Waals surface area contributed by atoms with Crippen LogP contribution in [0.25, 0.3) is 0 Å². The number of allylic oxidation sites excluding steroid dienone is 1. The van der Waals surface area contributed by atoms with E-state index < -0.39 is 22.2 Å². The van der Waals surface area contributed by atoms with Gasteiger partial charge in [0.25, 0.3) is 0 Å². The summed E-state index contributed by atoms with van der Waals surface area (Å²) in [6.07, 6.45) is 18.8. The number of nitrogens with zero attached hydrogens (tertiary/aromatic N) is 3. The molecule has 0 aromatic rings. The quantitative estimate of drug-likeness (QED) is 0.206. The van der Waals surface area contributed by atoms with Crippen LogP contribution in [0.4, 0.5) is 0 Å². The zero-order valence-electron chi connectivity index (χ0n) is 31.3. The van der Waals surface area contributed by atoms with Crippen LogP contribution in [-0.2, 0) is 14.3 Å². The lowest BCUT2D eigenvalue weighted by atomic mass is 9.41. The molecule has 7 heteroatoms. The summed E-state index contributed by atoms with van der Waals surface area (Å²) in [5.41, 5.74) is -1.41. The summed E-state index contributed by atoms with van der Waals surface area (Å²) in [6, 6.07) is 0. The molecule has 1 N–H and O–H groups in total. The third-order valence-corrected chi connectivity index (χ3v) is 16.5. The van der Waals surface area contributed by atoms with Gasteiger partial charge < -0.3 is 29.3 Å². The van der Waals surface area contributed by atoms with Gasteiger partial charge in [0, 0.05) is 31.6 Å². The number of aliphatic carboxylic acids is 1. The molecule has 3 unspecified atom stereocenters. The van der Waals surface area contributed by atoms with Gasteiger partial charge in [-0.1, -0.05) is 64.5 Å². The molecule has 4 bridgehead atoms. The first-order chi connectivity index (χ1) is 23.6. The molecule has 49 heavy (non-hydrogen) atoms. The highest BCUT2D eigenvalue weighted by atomic mass is 16.5. The minimum Gasteiger partial charge on any atom is -0.481 e. The summed E-state index contributed by atoms with van der Waals surface area (Å²) in [6.45, 7) is 16.1. The second-order valence-electron chi connectivity index (χ2n) is 19.1. The van der Waals surface area contributed by atoms with Gasteiger partial charge in [0.1, 0.15) is 11.7 Å². The molecule has 0 aromatic heterocycles. The number of likely N-dealkylation sites (tertiary alicyclic amines) is 1. The Bertz CT molecular complexity index is 1270. The summed E-state index contributed by atoms with van der Waals surface area (Å²) in [5, 5.41) is 11.6. The highest BCUT2D eigenvalue weighted by Gasteiger charge is 2.86. The van der Waals surface area contributed by atoms with Crippen LogP contribution in [0.15, 0.2) is 11.6 Å². The molecule has 3 saturated heterocycles. The summed E-state index contributed by atoms with van der Waals surface area (Å²) in [5.74, 6) is 2.69. The first-order valence-corrected chi connectivity index (χ1v) is 20.8. The Morgan fingerprint density at radius 1 is 0.939 bits per heavy atom. The van der Waals surface area contributed by atoms with E-state index in [-0.39, 0.29) is 30.0 Å². The topological polar surface area (TPSA) is 73.3 Å². The van der Waals surface area contributed by atoms with Gasteiger partial charge in [-0.05, 0) is 132 Å². The Balaban J connectivity index is 1.05. The van der Waals surface area contributed by atoms with Crippen LogP contribution >= 0.6 is 0 Å². The van der Waals surface area contributed by atoms with Gasteiger partial charge in [0.2, 0.25) is 0 Å². The van der Waals surface area contributed by atoms with Crippen molar-refractivity contribution < 1.29 is 19.4 Å². The summed E-state index contributed by atoms with van der Waals surface area (Å²) < 4.78 is 7.51. The predicted octanol–water partition coefficient (Wildman–Crippen LogP) is 6.61. The van der Waals surface area contributed by atoms with Crippen LogP contribution in [0.1, 0.15) is 104 Å². The number of fused-ring (bicyclic) bond motifs is 2. The van der Waals surface area contributed by atoms with Gasteiger partial charge in [0.15, 0.2) is 0 Å². The van der Waals surface area contributed by atoms with Crippen molar-refractivity contribution in [2.24, 2.45) is 63.6 Å². The van der Waals surface area contributed by atoms with E-state index >= 15 is 0 Å². The van der Waals surface area contributed by atoms with E-state index in [2.05, 4.69) is 48.6 Å². The van der Waals surface area contributed by atoms with Crippen molar-refractivity contribution in [3.05, 3.63) is 11.6 Å². The third kappa shape index (κ3) is 5.30. The van der Waals surface area contributed by atoms with E-state index in [0.29, 0.717) is 24.2 Å². The minimum absolute atomic E-state index is 0.0909. The first-order valence-electron chi connectivity index (χ1n) is 20.8. The third-order valence-electron chi connectivity index (χ3n) is 16.5. The van der Waals surface area contributed by atoms with E-state index in [1.165, 1.54) is 90.4 Å². The Kier molecular flexibility index (Phi) is 9.44. The average molecular weight is 678 g/mol. The van der Waals surface area contributed by atoms with Crippen LogP contribution in [0.2, 0.25) is 0 Å². The number of ether oxygens (including phenoxy) is 1. The van der Waals surface area contributed by atoms with Crippen molar-refractivity contribution in [2.45, 2.75) is 116 Å². The number of carboxylic acid groups (broad SMARTS) is 1. The van der Waals surface area contributed by atoms with Gasteiger partial charge in [-0.2, -0.15) is 0 Å². The molecular formula is C42H67N3O4. The number of rotatable bonds is 10. The van der Waals surface area contributed by atoms with Crippen molar-refractivity contribution in [1.29, 1.82) is 0 Å². The molecule has 0 amide bonds. The van der Waals surface area contributed by atoms with Gasteiger partial charge >= 0.3 is 5.97 Å². The second-order valence-corrected chi connectivity index (χ2v) is 19.1. The van der Waals surface area contributed by atoms with E-state index in [9.17, 15) is 14.7 Å². The number of carbonyl (C=O) groups is 2. The fraction of sp³-hybridized carbons (Fsp3) is 0.905. The Morgan fingerprint density at radius 2 is 1.69 bits per heavy atom. The van der Waals surface area contributed by atoms with Gasteiger partial charge in [-0.3, -0.25) is 4.79 Å². The number of piperidine rings is 1. The summed E-state index contributed by atoms with van der Waals surface area (Å²) >= 11 is 0. The molecular weight excluding hydrogens is 610 g/mol. The Hall–Kier alpha value is -1.28. The lowest BCUT2D eigenvalue weighted by molar-refractivity contribution is -0.197. The highest BCUT2D eigenvalue weighted by molar-refractivity contribution is 5.90. The molecule has 8 aliphatic rings. The molecule has 4 saturated carbocycles. The lowest BCUT2D eigenvalue weighted by Gasteiger charge is -2.60. The number of carbonyl (C=O) groups excluding carboxylic acids is 1. The Labute approximate surface area is 296 Å². The number of carboxylic acids is 1. The monoisotopic (exact) mass is 678 g/mol. The molecule has 0 spiro atoms. The van der Waals surface area contributed by atoms with Crippen LogP contribution in [0.5, 0.6) is 0 Å². The van der Waals surface area contributed by atoms with Crippen LogP contribution < -0.4 is 0 Å². The molecule has 10 atom stereocenters. The zero-order chi connectivity index (χ0) is 34.1. The predicted molar refractivity (Wildman–Crippen MR) is 193 cm³/mol. The van der Waals surface area contributed by atoms with Crippen molar-refractivity contribution in [2.75, 3.05) is 59.4 Å². The molecule has 5 aliphatic carbocycles. The molecule has 3 aliphatic heterocycles. The van der Waals surface area contributed by atoms with Crippen molar-refractivity contribution >= 4 is 12.3 Å². The second kappa shape index (κ2) is 13.3. The summed E-state index contributed by atoms with van der Waals surface area (Å²) in [4.78, 5) is 35.8. The van der Waals surface area contributed by atoms with E-state index in [0.717, 1.165) is 62.7 Å². The molecule has 3 heterocycles. The molecule has 0 aromatic carbocycles. The molecule has 7 nitrogen and oxygen atoms in total. The standard InChI is InChI=1S/C42H67N3O4/c1-28(2)36-22-33-23-40(27-46)35-11-10-29(3)34(35)24-41(33,42(36,40)39(47)48)38-21-32(20-30-8-5-6-9-30)37(49-38)26-45-16-12-31(13-17-45)25-44-15-7-14-43(4)18-19-44/h22,27-35,37-38H,5-21,23-26H2,1-4H3,(H,47,48)/t29-,32+,33?,34-,35-,37+,38-,40?,41?,42+/m1/s1. The van der Waals surface area contributed by atoms with Crippen LogP contribution in [-0.4, -0.2) is 104 Å². The molecule has 0 radical (unpaired) electrons.